The first-order chi connectivity index (χ1) is 43.7. The number of nitrogens with zero attached hydrogens (tertiary/aromatic N) is 7. The Morgan fingerprint density at radius 3 is 1.45 bits per heavy atom. The minimum absolute atomic E-state index is 0.0139. The normalized spacial score (nSPS) is 25.8. The van der Waals surface area contributed by atoms with Crippen LogP contribution in [0.15, 0.2) is 12.2 Å². The quantitative estimate of drug-likeness (QED) is 0.0552. The van der Waals surface area contributed by atoms with Crippen LogP contribution >= 0.6 is 0 Å². The Balaban J connectivity index is 4.40. The molecule has 26 heteroatoms. The number of ether oxygens (including phenoxy) is 3. The van der Waals surface area contributed by atoms with Crippen LogP contribution in [-0.2, 0) is 67.0 Å². The fourth-order valence-electron chi connectivity index (χ4n) is 11.7. The summed E-state index contributed by atoms with van der Waals surface area (Å²) in [5, 5.41) is 23.2. The van der Waals surface area contributed by atoms with E-state index >= 15 is 14.4 Å². The predicted octanol–water partition coefficient (Wildman–Crippen LogP) is 3.81. The SMILES string of the molecule is C/C=C/C[C@@H](C)[C@@H](O)[C@@H]1C(=O)N[C@@H](CC)C(=O)N(C)CC(=O)N(C)[C@@H]([C@@H](C)OCCCC(OCC)OCC)C(=O)N[C@@H](C(C)C)C(=O)N(C)[C@@H](CC(C)C)C(=O)N[C@@H](C)C(=O)N[C@H](C)C(=O)N(C)[C@@H](CC(C)C)C(=O)N(C)[C@@H](CC(C)C)C(=O)N(C)[C@@H](C(C)C)C(=O)N1C. The lowest BCUT2D eigenvalue weighted by Crippen LogP contribution is -2.63. The molecular weight excluding hydrogens is 1210 g/mol. The highest BCUT2D eigenvalue weighted by atomic mass is 16.7. The highest BCUT2D eigenvalue weighted by Crippen LogP contribution is 2.26. The van der Waals surface area contributed by atoms with E-state index < -0.39 is 168 Å². The lowest BCUT2D eigenvalue weighted by atomic mass is 9.91. The van der Waals surface area contributed by atoms with Gasteiger partial charge < -0.3 is 74.9 Å². The number of likely N-dealkylation sites (N-methyl/N-ethyl adjacent to an activating group) is 7. The summed E-state index contributed by atoms with van der Waals surface area (Å²) >= 11 is 0. The zero-order valence-corrected chi connectivity index (χ0v) is 61.7. The molecule has 1 rings (SSSR count). The molecule has 0 radical (unpaired) electrons. The van der Waals surface area contributed by atoms with Crippen molar-refractivity contribution in [2.45, 2.75) is 248 Å². The number of carbonyl (C=O) groups excluding carboxylic acids is 11. The summed E-state index contributed by atoms with van der Waals surface area (Å²) in [6.45, 7) is 31.6. The largest absolute Gasteiger partial charge is 0.390 e. The van der Waals surface area contributed by atoms with E-state index in [1.807, 2.05) is 55.4 Å². The monoisotopic (exact) mass is 1330 g/mol. The fourth-order valence-corrected chi connectivity index (χ4v) is 11.7. The fraction of sp³-hybridized carbons (Fsp3) is 0.809. The number of hydrogen-bond donors (Lipinski definition) is 5. The lowest BCUT2D eigenvalue weighted by molar-refractivity contribution is -0.157. The minimum atomic E-state index is -1.64. The number of amides is 11. The third kappa shape index (κ3) is 25.1. The molecule has 1 fully saturated rings. The van der Waals surface area contributed by atoms with Gasteiger partial charge in [-0.25, -0.2) is 0 Å². The summed E-state index contributed by atoms with van der Waals surface area (Å²) in [6, 6.07) is -13.0. The van der Waals surface area contributed by atoms with Crippen LogP contribution in [0.25, 0.3) is 0 Å². The molecule has 0 aromatic rings. The van der Waals surface area contributed by atoms with Crippen LogP contribution in [0.5, 0.6) is 0 Å². The number of rotatable bonds is 23. The molecule has 1 heterocycles. The highest BCUT2D eigenvalue weighted by molar-refractivity contribution is 5.99. The number of allylic oxidation sites excluding steroid dienone is 2. The second-order valence-corrected chi connectivity index (χ2v) is 27.5. The summed E-state index contributed by atoms with van der Waals surface area (Å²) in [4.78, 5) is 171. The van der Waals surface area contributed by atoms with Crippen molar-refractivity contribution in [1.29, 1.82) is 0 Å². The van der Waals surface area contributed by atoms with Gasteiger partial charge in [0.15, 0.2) is 6.29 Å². The van der Waals surface area contributed by atoms with Crippen LogP contribution in [0, 0.1) is 35.5 Å². The topological polar surface area (TPSA) is 306 Å². The number of nitrogens with one attached hydrogen (secondary N) is 4. The van der Waals surface area contributed by atoms with Gasteiger partial charge in [0.25, 0.3) is 0 Å². The molecule has 0 spiro atoms. The van der Waals surface area contributed by atoms with Crippen molar-refractivity contribution in [3.05, 3.63) is 12.2 Å². The lowest BCUT2D eigenvalue weighted by Gasteiger charge is -2.41. The van der Waals surface area contributed by atoms with Gasteiger partial charge in [-0.1, -0.05) is 95.2 Å². The van der Waals surface area contributed by atoms with Gasteiger partial charge in [0.05, 0.1) is 18.8 Å². The molecule has 0 aromatic heterocycles. The van der Waals surface area contributed by atoms with E-state index in [0.717, 1.165) is 14.7 Å². The predicted molar refractivity (Wildman–Crippen MR) is 361 cm³/mol. The van der Waals surface area contributed by atoms with Gasteiger partial charge in [0.2, 0.25) is 65.0 Å². The zero-order chi connectivity index (χ0) is 72.5. The van der Waals surface area contributed by atoms with Crippen molar-refractivity contribution in [3.63, 3.8) is 0 Å². The van der Waals surface area contributed by atoms with Crippen molar-refractivity contribution >= 4 is 65.0 Å². The molecule has 540 valence electrons. The van der Waals surface area contributed by atoms with Gasteiger partial charge in [-0.3, -0.25) is 52.7 Å². The van der Waals surface area contributed by atoms with Gasteiger partial charge in [-0.05, 0) is 116 Å². The van der Waals surface area contributed by atoms with Crippen molar-refractivity contribution in [2.75, 3.05) is 75.7 Å². The number of carbonyl (C=O) groups is 11. The minimum Gasteiger partial charge on any atom is -0.390 e. The Bertz CT molecular complexity index is 2510. The third-order valence-corrected chi connectivity index (χ3v) is 17.4. The highest BCUT2D eigenvalue weighted by Gasteiger charge is 2.46. The molecule has 94 heavy (non-hydrogen) atoms. The molecular formula is C68H123N11O15. The Morgan fingerprint density at radius 1 is 0.500 bits per heavy atom. The maximum Gasteiger partial charge on any atom is 0.246 e. The molecule has 13 atom stereocenters. The standard InChI is InChI=1S/C68H123N11O15/c1-26-30-32-44(15)58(81)57-62(85)71-48(27-2)64(87)73(19)38-52(80)77(23)56(47(18)94-34-31-33-53(92-28-3)93-29-4)61(84)72-54(42(11)12)67(90)74(20)49(35-39(5)6)60(83)69-45(16)59(82)70-46(17)63(86)75(21)50(36-40(7)8)65(88)76(22)51(37-41(9)10)66(89)78(24)55(43(13)14)68(91)79(57)25/h26,30,39-51,53-58,81H,27-29,31-38H2,1-25H3,(H,69,83)(H,70,82)(H,71,85)(H,72,84)/b30-26+/t44-,45+,46-,47-,48+,49+,50+,51+,54+,55+,56+,57-,58-/m1/s1. The van der Waals surface area contributed by atoms with Crippen molar-refractivity contribution in [3.8, 4) is 0 Å². The van der Waals surface area contributed by atoms with Crippen LogP contribution in [-0.4, -0.2) is 259 Å². The third-order valence-electron chi connectivity index (χ3n) is 17.4. The average Bonchev–Trinajstić information content (AvgIpc) is 0.825. The molecule has 0 aromatic carbocycles. The van der Waals surface area contributed by atoms with Gasteiger partial charge in [0.1, 0.15) is 60.4 Å². The van der Waals surface area contributed by atoms with Crippen LogP contribution < -0.4 is 21.3 Å². The van der Waals surface area contributed by atoms with E-state index in [1.165, 1.54) is 82.8 Å². The Hall–Kier alpha value is -6.25. The van der Waals surface area contributed by atoms with Gasteiger partial charge in [-0.2, -0.15) is 0 Å². The van der Waals surface area contributed by atoms with E-state index in [9.17, 15) is 43.5 Å². The van der Waals surface area contributed by atoms with Gasteiger partial charge >= 0.3 is 0 Å². The molecule has 0 aliphatic carbocycles. The van der Waals surface area contributed by atoms with E-state index in [4.69, 9.17) is 14.2 Å². The molecule has 1 aliphatic rings. The smallest absolute Gasteiger partial charge is 0.246 e. The van der Waals surface area contributed by atoms with Crippen molar-refractivity contribution in [1.82, 2.24) is 55.6 Å². The Morgan fingerprint density at radius 2 is 0.968 bits per heavy atom. The first-order valence-electron chi connectivity index (χ1n) is 33.9. The maximum atomic E-state index is 15.2. The first-order valence-corrected chi connectivity index (χ1v) is 33.9. The Labute approximate surface area is 562 Å². The van der Waals surface area contributed by atoms with Crippen LogP contribution in [0.2, 0.25) is 0 Å². The number of hydrogen-bond acceptors (Lipinski definition) is 15. The van der Waals surface area contributed by atoms with E-state index in [-0.39, 0.29) is 50.0 Å². The summed E-state index contributed by atoms with van der Waals surface area (Å²) in [5.41, 5.74) is 0. The first kappa shape index (κ1) is 85.8. The van der Waals surface area contributed by atoms with E-state index in [0.29, 0.717) is 32.5 Å². The van der Waals surface area contributed by atoms with Crippen molar-refractivity contribution in [2.24, 2.45) is 35.5 Å². The van der Waals surface area contributed by atoms with Crippen molar-refractivity contribution < 1.29 is 72.1 Å². The molecule has 0 bridgehead atoms. The second-order valence-electron chi connectivity index (χ2n) is 27.5. The molecule has 0 unspecified atom stereocenters. The van der Waals surface area contributed by atoms with Gasteiger partial charge in [0, 0.05) is 75.6 Å². The molecule has 11 amide bonds. The molecule has 1 saturated heterocycles. The Kier molecular flexibility index (Phi) is 37.4. The molecule has 0 saturated carbocycles. The summed E-state index contributed by atoms with van der Waals surface area (Å²) < 4.78 is 17.7. The second kappa shape index (κ2) is 41.0. The number of aliphatic hydroxyl groups is 1. The van der Waals surface area contributed by atoms with E-state index in [2.05, 4.69) is 21.3 Å². The maximum absolute atomic E-state index is 15.2. The van der Waals surface area contributed by atoms with Crippen LogP contribution in [0.4, 0.5) is 0 Å². The summed E-state index contributed by atoms with van der Waals surface area (Å²) in [5.74, 6) is -10.2. The summed E-state index contributed by atoms with van der Waals surface area (Å²) in [6.07, 6.45) is 2.06. The van der Waals surface area contributed by atoms with Crippen LogP contribution in [0.1, 0.15) is 170 Å². The molecule has 26 nitrogen and oxygen atoms in total. The van der Waals surface area contributed by atoms with E-state index in [1.54, 1.807) is 67.5 Å². The number of aliphatic hydroxyl groups excluding tert-OH is 1. The van der Waals surface area contributed by atoms with Gasteiger partial charge in [-0.15, -0.1) is 0 Å². The zero-order valence-electron chi connectivity index (χ0n) is 61.7. The summed E-state index contributed by atoms with van der Waals surface area (Å²) in [7, 11) is 9.79. The average molecular weight is 1330 g/mol. The van der Waals surface area contributed by atoms with Crippen LogP contribution in [0.3, 0.4) is 0 Å². The molecule has 1 aliphatic heterocycles. The molecule has 5 N–H and O–H groups in total.